The van der Waals surface area contributed by atoms with Crippen molar-refractivity contribution in [3.63, 3.8) is 0 Å². The van der Waals surface area contributed by atoms with Gasteiger partial charge in [-0.2, -0.15) is 0 Å². The Morgan fingerprint density at radius 3 is 2.25 bits per heavy atom. The average molecular weight is 493 g/mol. The summed E-state index contributed by atoms with van der Waals surface area (Å²) in [6.07, 6.45) is 0. The Morgan fingerprint density at radius 2 is 1.67 bits per heavy atom. The van der Waals surface area contributed by atoms with E-state index < -0.39 is 5.56 Å². The summed E-state index contributed by atoms with van der Waals surface area (Å²) >= 11 is 0. The molecule has 1 heterocycles. The quantitative estimate of drug-likeness (QED) is 0.102. The Hall–Kier alpha value is -4.51. The molecule has 9 N–H and O–H groups in total. The van der Waals surface area contributed by atoms with E-state index in [1.54, 1.807) is 54.6 Å². The molecule has 1 aromatic heterocycles. The van der Waals surface area contributed by atoms with Gasteiger partial charge < -0.3 is 32.7 Å². The zero-order valence-electron chi connectivity index (χ0n) is 20.4. The van der Waals surface area contributed by atoms with Crippen molar-refractivity contribution in [1.29, 1.82) is 5.41 Å². The molecule has 0 saturated heterocycles. The van der Waals surface area contributed by atoms with Crippen LogP contribution in [0.2, 0.25) is 0 Å². The highest BCUT2D eigenvalue weighted by molar-refractivity contribution is 5.94. The molecule has 0 aliphatic carbocycles. The first-order valence-electron chi connectivity index (χ1n) is 11.5. The van der Waals surface area contributed by atoms with E-state index in [0.29, 0.717) is 41.5 Å². The van der Waals surface area contributed by atoms with Gasteiger partial charge in [-0.25, -0.2) is 5.01 Å². The lowest BCUT2D eigenvalue weighted by atomic mass is 10.1. The van der Waals surface area contributed by atoms with Gasteiger partial charge in [0.25, 0.3) is 5.56 Å². The smallest absolute Gasteiger partial charge is 0.278 e. The summed E-state index contributed by atoms with van der Waals surface area (Å²) in [5, 5.41) is 12.1. The maximum atomic E-state index is 13.3. The highest BCUT2D eigenvalue weighted by Crippen LogP contribution is 2.26. The Kier molecular flexibility index (Phi) is 8.52. The molecule has 1 amide bonds. The number of nitrogen functional groups attached to an aromatic ring is 3. The van der Waals surface area contributed by atoms with Gasteiger partial charge in [0.1, 0.15) is 23.8 Å². The maximum Gasteiger partial charge on any atom is 0.278 e. The van der Waals surface area contributed by atoms with Crippen LogP contribution in [0.5, 0.6) is 11.6 Å². The van der Waals surface area contributed by atoms with Crippen LogP contribution < -0.4 is 38.2 Å². The van der Waals surface area contributed by atoms with Crippen molar-refractivity contribution >= 4 is 28.8 Å². The molecule has 36 heavy (non-hydrogen) atoms. The first kappa shape index (κ1) is 26.1. The molecule has 0 fully saturated rings. The first-order valence-corrected chi connectivity index (χ1v) is 11.5. The van der Waals surface area contributed by atoms with Crippen LogP contribution in [0, 0.1) is 5.41 Å². The van der Waals surface area contributed by atoms with E-state index in [-0.39, 0.29) is 30.7 Å². The molecule has 0 spiro atoms. The number of nitrogens with two attached hydrogens (primary N) is 3. The fourth-order valence-corrected chi connectivity index (χ4v) is 3.47. The van der Waals surface area contributed by atoms with E-state index in [4.69, 9.17) is 27.3 Å². The number of nitrogens with one attached hydrogen (secondary N) is 3. The summed E-state index contributed by atoms with van der Waals surface area (Å²) in [7, 11) is 0. The van der Waals surface area contributed by atoms with E-state index in [9.17, 15) is 9.59 Å². The maximum absolute atomic E-state index is 13.3. The topological polar surface area (TPSA) is 178 Å². The Balaban J connectivity index is 1.84. The summed E-state index contributed by atoms with van der Waals surface area (Å²) in [6.45, 7) is 5.26. The highest BCUT2D eigenvalue weighted by Gasteiger charge is 2.16. The minimum absolute atomic E-state index is 0.0300. The third kappa shape index (κ3) is 6.76. The number of carbonyl (C=O) groups is 1. The Morgan fingerprint density at radius 1 is 1.03 bits per heavy atom. The molecule has 0 radical (unpaired) electrons. The van der Waals surface area contributed by atoms with Crippen molar-refractivity contribution in [3.8, 4) is 11.6 Å². The molecule has 3 aromatic rings. The molecule has 0 unspecified atom stereocenters. The number of hydrogen-bond acceptors (Lipinski definition) is 8. The van der Waals surface area contributed by atoms with Crippen molar-refractivity contribution in [3.05, 3.63) is 76.1 Å². The average Bonchev–Trinajstić information content (AvgIpc) is 2.84. The number of benzene rings is 2. The molecule has 2 aromatic carbocycles. The normalized spacial score (nSPS) is 10.8. The second-order valence-electron chi connectivity index (χ2n) is 8.09. The number of carbonyl (C=O) groups excluding carboxylic acids is 1. The lowest BCUT2D eigenvalue weighted by Gasteiger charge is -2.22. The molecule has 3 rings (SSSR count). The van der Waals surface area contributed by atoms with Crippen LogP contribution in [0.1, 0.15) is 25.0 Å². The number of amidine groups is 1. The van der Waals surface area contributed by atoms with Crippen LogP contribution in [0.4, 0.5) is 17.1 Å². The van der Waals surface area contributed by atoms with Crippen molar-refractivity contribution in [2.24, 2.45) is 5.73 Å². The van der Waals surface area contributed by atoms with Crippen molar-refractivity contribution in [1.82, 2.24) is 14.9 Å². The molecule has 0 atom stereocenters. The summed E-state index contributed by atoms with van der Waals surface area (Å²) < 4.78 is 7.16. The van der Waals surface area contributed by atoms with Gasteiger partial charge in [0.2, 0.25) is 11.8 Å². The van der Waals surface area contributed by atoms with Crippen LogP contribution in [0.3, 0.4) is 0 Å². The minimum Gasteiger partial charge on any atom is -0.441 e. The summed E-state index contributed by atoms with van der Waals surface area (Å²) in [5.74, 6) is 0.0921. The van der Waals surface area contributed by atoms with Crippen LogP contribution >= 0.6 is 0 Å². The fourth-order valence-electron chi connectivity index (χ4n) is 3.47. The van der Waals surface area contributed by atoms with Gasteiger partial charge in [0.15, 0.2) is 0 Å². The van der Waals surface area contributed by atoms with Crippen molar-refractivity contribution in [2.75, 3.05) is 30.0 Å². The largest absolute Gasteiger partial charge is 0.441 e. The minimum atomic E-state index is -0.419. The predicted octanol–water partition coefficient (Wildman–Crippen LogP) is 2.07. The molecular weight excluding hydrogens is 460 g/mol. The summed E-state index contributed by atoms with van der Waals surface area (Å²) in [4.78, 5) is 26.1. The lowest BCUT2D eigenvalue weighted by Crippen LogP contribution is -2.36. The van der Waals surface area contributed by atoms with Crippen LogP contribution in [0.25, 0.3) is 0 Å². The SMILES string of the molecule is CCN(CC)Nc1ccc(Oc2cc(N)cc(N)c2)n(CC(=O)NCc2ccc(C(=N)N)cc2)c1=O. The van der Waals surface area contributed by atoms with Gasteiger partial charge in [-0.1, -0.05) is 38.1 Å². The molecule has 190 valence electrons. The predicted molar refractivity (Wildman–Crippen MR) is 142 cm³/mol. The third-order valence-corrected chi connectivity index (χ3v) is 5.41. The van der Waals surface area contributed by atoms with Gasteiger partial charge in [-0.3, -0.25) is 19.6 Å². The third-order valence-electron chi connectivity index (χ3n) is 5.41. The number of ether oxygens (including phenoxy) is 1. The number of rotatable bonds is 11. The summed E-state index contributed by atoms with van der Waals surface area (Å²) in [6, 6.07) is 14.9. The monoisotopic (exact) mass is 492 g/mol. The van der Waals surface area contributed by atoms with Gasteiger partial charge >= 0.3 is 0 Å². The van der Waals surface area contributed by atoms with Crippen LogP contribution in [-0.2, 0) is 17.9 Å². The van der Waals surface area contributed by atoms with Crippen molar-refractivity contribution in [2.45, 2.75) is 26.9 Å². The zero-order valence-corrected chi connectivity index (χ0v) is 20.4. The molecule has 11 heteroatoms. The van der Waals surface area contributed by atoms with Gasteiger partial charge in [-0.15, -0.1) is 0 Å². The molecule has 0 aliphatic rings. The second kappa shape index (κ2) is 11.8. The molecule has 0 bridgehead atoms. The number of amides is 1. The van der Waals surface area contributed by atoms with E-state index in [1.807, 2.05) is 18.9 Å². The highest BCUT2D eigenvalue weighted by atomic mass is 16.5. The van der Waals surface area contributed by atoms with Crippen LogP contribution in [-0.4, -0.2) is 34.4 Å². The van der Waals surface area contributed by atoms with Gasteiger partial charge in [0.05, 0.1) is 0 Å². The fraction of sp³-hybridized carbons (Fsp3) is 0.240. The number of anilines is 3. The lowest BCUT2D eigenvalue weighted by molar-refractivity contribution is -0.121. The second-order valence-corrected chi connectivity index (χ2v) is 8.09. The Labute approximate surface area is 209 Å². The number of pyridine rings is 1. The number of nitrogens with zero attached hydrogens (tertiary/aromatic N) is 2. The zero-order chi connectivity index (χ0) is 26.2. The van der Waals surface area contributed by atoms with E-state index in [0.717, 1.165) is 5.56 Å². The van der Waals surface area contributed by atoms with Crippen LogP contribution in [0.15, 0.2) is 59.4 Å². The number of hydrogen-bond donors (Lipinski definition) is 6. The number of aromatic nitrogens is 1. The van der Waals surface area contributed by atoms with Crippen molar-refractivity contribution < 1.29 is 9.53 Å². The van der Waals surface area contributed by atoms with E-state index in [2.05, 4.69) is 10.7 Å². The number of hydrazine groups is 1. The standard InChI is InChI=1S/C25H32N8O3/c1-3-32(4-2)31-21-9-10-23(36-20-12-18(26)11-19(27)13-20)33(25(21)35)15-22(34)30-14-16-5-7-17(8-6-16)24(28)29/h5-13,31H,3-4,14-15,26-27H2,1-2H3,(H3,28,29)(H,30,34). The summed E-state index contributed by atoms with van der Waals surface area (Å²) in [5.41, 5.74) is 22.4. The first-order chi connectivity index (χ1) is 17.2. The van der Waals surface area contributed by atoms with E-state index in [1.165, 1.54) is 4.57 Å². The molecule has 11 nitrogen and oxygen atoms in total. The van der Waals surface area contributed by atoms with E-state index >= 15 is 0 Å². The van der Waals surface area contributed by atoms with Gasteiger partial charge in [0, 0.05) is 54.8 Å². The van der Waals surface area contributed by atoms with Gasteiger partial charge in [-0.05, 0) is 17.7 Å². The molecule has 0 aliphatic heterocycles. The molecule has 0 saturated carbocycles. The Bertz CT molecular complexity index is 1260. The molecular formula is C25H32N8O3.